The predicted molar refractivity (Wildman–Crippen MR) is 109 cm³/mol. The van der Waals surface area contributed by atoms with Crippen LogP contribution in [0.1, 0.15) is 11.7 Å². The van der Waals surface area contributed by atoms with Crippen LogP contribution < -0.4 is 5.32 Å². The molecule has 0 saturated carbocycles. The second-order valence-corrected chi connectivity index (χ2v) is 6.76. The molecule has 0 radical (unpaired) electrons. The molecule has 4 aromatic rings. The lowest BCUT2D eigenvalue weighted by Gasteiger charge is -2.24. The molecule has 0 amide bonds. The fraction of sp³-hybridized carbons (Fsp3) is 0.250. The van der Waals surface area contributed by atoms with Crippen LogP contribution in [0, 0.1) is 0 Å². The minimum absolute atomic E-state index is 0.102. The van der Waals surface area contributed by atoms with Crippen LogP contribution in [0.15, 0.2) is 55.1 Å². The zero-order valence-electron chi connectivity index (χ0n) is 16.1. The number of nitrogens with one attached hydrogen (secondary N) is 1. The fourth-order valence-electron chi connectivity index (χ4n) is 3.10. The molecule has 8 heteroatoms. The van der Waals surface area contributed by atoms with E-state index in [4.69, 9.17) is 4.98 Å². The van der Waals surface area contributed by atoms with E-state index in [2.05, 4.69) is 30.3 Å². The van der Waals surface area contributed by atoms with Crippen molar-refractivity contribution in [2.75, 3.05) is 26.0 Å². The molecule has 8 nitrogen and oxygen atoms in total. The van der Waals surface area contributed by atoms with Gasteiger partial charge in [0.05, 0.1) is 23.3 Å². The Kier molecular flexibility index (Phi) is 4.94. The summed E-state index contributed by atoms with van der Waals surface area (Å²) in [4.78, 5) is 20.3. The molecule has 4 heterocycles. The van der Waals surface area contributed by atoms with Crippen LogP contribution in [0.2, 0.25) is 0 Å². The van der Waals surface area contributed by atoms with Gasteiger partial charge >= 0.3 is 0 Å². The first kappa shape index (κ1) is 18.0. The van der Waals surface area contributed by atoms with Gasteiger partial charge < -0.3 is 5.32 Å². The molecule has 1 N–H and O–H groups in total. The van der Waals surface area contributed by atoms with E-state index in [-0.39, 0.29) is 6.04 Å². The second-order valence-electron chi connectivity index (χ2n) is 6.76. The molecule has 4 rings (SSSR count). The molecule has 0 saturated heterocycles. The van der Waals surface area contributed by atoms with E-state index < -0.39 is 0 Å². The van der Waals surface area contributed by atoms with Crippen LogP contribution in [0.3, 0.4) is 0 Å². The first-order valence-electron chi connectivity index (χ1n) is 9.05. The van der Waals surface area contributed by atoms with Gasteiger partial charge in [0.15, 0.2) is 11.5 Å². The number of aryl methyl sites for hydroxylation is 1. The number of nitrogens with zero attached hydrogens (tertiary/aromatic N) is 7. The molecule has 4 aromatic heterocycles. The Balaban J connectivity index is 1.70. The molecule has 1 unspecified atom stereocenters. The normalized spacial score (nSPS) is 12.4. The van der Waals surface area contributed by atoms with Crippen molar-refractivity contribution in [2.45, 2.75) is 6.04 Å². The molecule has 0 aromatic carbocycles. The summed E-state index contributed by atoms with van der Waals surface area (Å²) in [7, 11) is 5.96. The number of pyridine rings is 2. The van der Waals surface area contributed by atoms with E-state index in [1.54, 1.807) is 23.3 Å². The van der Waals surface area contributed by atoms with Crippen molar-refractivity contribution in [1.29, 1.82) is 0 Å². The Bertz CT molecular complexity index is 1060. The molecule has 0 bridgehead atoms. The number of aromatic nitrogens is 6. The standard InChI is InChI=1S/C20H22N8/c1-27(2)17(16-8-4-5-10-22-16)13-23-19-15-12-24-28(3)20(15)26-18(25-19)14-7-6-9-21-11-14/h4-12,17H,13H2,1-3H3,(H,23,25,26). The van der Waals surface area contributed by atoms with Crippen molar-refractivity contribution in [1.82, 2.24) is 34.6 Å². The average molecular weight is 374 g/mol. The number of hydrogen-bond acceptors (Lipinski definition) is 7. The number of fused-ring (bicyclic) bond motifs is 1. The van der Waals surface area contributed by atoms with Crippen LogP contribution in [-0.4, -0.2) is 55.3 Å². The van der Waals surface area contributed by atoms with Crippen molar-refractivity contribution in [3.63, 3.8) is 0 Å². The predicted octanol–water partition coefficient (Wildman–Crippen LogP) is 2.54. The highest BCUT2D eigenvalue weighted by Gasteiger charge is 2.18. The summed E-state index contributed by atoms with van der Waals surface area (Å²) in [6.07, 6.45) is 7.10. The summed E-state index contributed by atoms with van der Waals surface area (Å²) in [6.45, 7) is 0.650. The van der Waals surface area contributed by atoms with Gasteiger partial charge in [0.25, 0.3) is 0 Å². The van der Waals surface area contributed by atoms with Crippen LogP contribution in [-0.2, 0) is 7.05 Å². The van der Waals surface area contributed by atoms with E-state index in [1.165, 1.54) is 0 Å². The molecule has 0 spiro atoms. The van der Waals surface area contributed by atoms with E-state index in [0.717, 1.165) is 28.1 Å². The molecule has 142 valence electrons. The maximum absolute atomic E-state index is 4.75. The highest BCUT2D eigenvalue weighted by atomic mass is 15.3. The topological polar surface area (TPSA) is 84.6 Å². The van der Waals surface area contributed by atoms with Crippen LogP contribution in [0.25, 0.3) is 22.4 Å². The fourth-order valence-corrected chi connectivity index (χ4v) is 3.10. The number of likely N-dealkylation sites (N-methyl/N-ethyl adjacent to an activating group) is 1. The van der Waals surface area contributed by atoms with Gasteiger partial charge in [0.2, 0.25) is 0 Å². The van der Waals surface area contributed by atoms with E-state index in [1.807, 2.05) is 57.7 Å². The Morgan fingerprint density at radius 2 is 1.96 bits per heavy atom. The van der Waals surface area contributed by atoms with E-state index >= 15 is 0 Å². The highest BCUT2D eigenvalue weighted by molar-refractivity contribution is 5.88. The molecule has 0 aliphatic carbocycles. The van der Waals surface area contributed by atoms with Crippen LogP contribution >= 0.6 is 0 Å². The van der Waals surface area contributed by atoms with Gasteiger partial charge in [-0.05, 0) is 38.4 Å². The largest absolute Gasteiger partial charge is 0.367 e. The van der Waals surface area contributed by atoms with Gasteiger partial charge in [0, 0.05) is 37.7 Å². The molecule has 28 heavy (non-hydrogen) atoms. The van der Waals surface area contributed by atoms with Crippen molar-refractivity contribution in [3.05, 3.63) is 60.8 Å². The molecule has 0 aliphatic heterocycles. The van der Waals surface area contributed by atoms with Crippen molar-refractivity contribution < 1.29 is 0 Å². The maximum Gasteiger partial charge on any atom is 0.165 e. The zero-order valence-corrected chi connectivity index (χ0v) is 16.1. The first-order chi connectivity index (χ1) is 13.6. The van der Waals surface area contributed by atoms with Crippen LogP contribution in [0.5, 0.6) is 0 Å². The summed E-state index contributed by atoms with van der Waals surface area (Å²) in [5.74, 6) is 1.37. The van der Waals surface area contributed by atoms with Gasteiger partial charge in [-0.1, -0.05) is 6.07 Å². The SMILES string of the molecule is CN(C)C(CNc1nc(-c2cccnc2)nc2c1cnn2C)c1ccccn1. The Labute approximate surface area is 163 Å². The van der Waals surface area contributed by atoms with Gasteiger partial charge in [-0.3, -0.25) is 19.5 Å². The summed E-state index contributed by atoms with van der Waals surface area (Å²) >= 11 is 0. The summed E-state index contributed by atoms with van der Waals surface area (Å²) in [5, 5.41) is 8.71. The minimum Gasteiger partial charge on any atom is -0.367 e. The molecule has 0 aliphatic rings. The van der Waals surface area contributed by atoms with Gasteiger partial charge in [0.1, 0.15) is 5.82 Å². The molecule has 0 fully saturated rings. The van der Waals surface area contributed by atoms with Gasteiger partial charge in [-0.25, -0.2) is 9.97 Å². The van der Waals surface area contributed by atoms with E-state index in [9.17, 15) is 0 Å². The first-order valence-corrected chi connectivity index (χ1v) is 9.05. The van der Waals surface area contributed by atoms with Crippen molar-refractivity contribution in [2.24, 2.45) is 7.05 Å². The lowest BCUT2D eigenvalue weighted by atomic mass is 10.1. The smallest absolute Gasteiger partial charge is 0.165 e. The third-order valence-corrected chi connectivity index (χ3v) is 4.63. The van der Waals surface area contributed by atoms with Gasteiger partial charge in [-0.15, -0.1) is 0 Å². The number of rotatable bonds is 6. The third kappa shape index (κ3) is 3.54. The summed E-state index contributed by atoms with van der Waals surface area (Å²) < 4.78 is 1.75. The average Bonchev–Trinajstić information content (AvgIpc) is 3.10. The molecule has 1 atom stereocenters. The third-order valence-electron chi connectivity index (χ3n) is 4.63. The monoisotopic (exact) mass is 374 g/mol. The Morgan fingerprint density at radius 1 is 1.07 bits per heavy atom. The molecular formula is C20H22N8. The minimum atomic E-state index is 0.102. The zero-order chi connectivity index (χ0) is 19.5. The lowest BCUT2D eigenvalue weighted by molar-refractivity contribution is 0.306. The Morgan fingerprint density at radius 3 is 2.68 bits per heavy atom. The van der Waals surface area contributed by atoms with Gasteiger partial charge in [-0.2, -0.15) is 5.10 Å². The lowest BCUT2D eigenvalue weighted by Crippen LogP contribution is -2.28. The highest BCUT2D eigenvalue weighted by Crippen LogP contribution is 2.25. The second kappa shape index (κ2) is 7.69. The van der Waals surface area contributed by atoms with E-state index in [0.29, 0.717) is 12.4 Å². The van der Waals surface area contributed by atoms with Crippen molar-refractivity contribution >= 4 is 16.9 Å². The maximum atomic E-state index is 4.75. The van der Waals surface area contributed by atoms with Crippen LogP contribution in [0.4, 0.5) is 5.82 Å². The molecular weight excluding hydrogens is 352 g/mol. The summed E-state index contributed by atoms with van der Waals surface area (Å²) in [6, 6.07) is 9.89. The number of hydrogen-bond donors (Lipinski definition) is 1. The Hall–Kier alpha value is -3.39. The summed E-state index contributed by atoms with van der Waals surface area (Å²) in [5.41, 5.74) is 2.64. The quantitative estimate of drug-likeness (QED) is 0.555. The van der Waals surface area contributed by atoms with Crippen molar-refractivity contribution in [3.8, 4) is 11.4 Å². The number of anilines is 1.